The first-order valence-corrected chi connectivity index (χ1v) is 10.9. The van der Waals surface area contributed by atoms with Crippen LogP contribution in [0, 0.1) is 5.92 Å². The molecule has 0 aliphatic heterocycles. The van der Waals surface area contributed by atoms with E-state index in [0.717, 1.165) is 19.3 Å². The molecule has 1 aromatic carbocycles. The van der Waals surface area contributed by atoms with Crippen LogP contribution in [-0.2, 0) is 5.41 Å². The molecule has 2 unspecified atom stereocenters. The Morgan fingerprint density at radius 2 is 1.83 bits per heavy atom. The number of hydrogen-bond acceptors (Lipinski definition) is 0. The topological polar surface area (TPSA) is 0 Å². The summed E-state index contributed by atoms with van der Waals surface area (Å²) >= 11 is 0. The van der Waals surface area contributed by atoms with Crippen molar-refractivity contribution in [2.45, 2.75) is 52.4 Å². The Hall–Kier alpha value is -2.60. The molecule has 2 aliphatic rings. The zero-order chi connectivity index (χ0) is 20.9. The summed E-state index contributed by atoms with van der Waals surface area (Å²) in [6.07, 6.45) is 21.3. The van der Waals surface area contributed by atoms with Gasteiger partial charge in [0, 0.05) is 0 Å². The fourth-order valence-corrected chi connectivity index (χ4v) is 5.19. The van der Waals surface area contributed by atoms with Crippen LogP contribution in [0.5, 0.6) is 0 Å². The van der Waals surface area contributed by atoms with Gasteiger partial charge in [0.2, 0.25) is 0 Å². The molecule has 0 saturated heterocycles. The van der Waals surface area contributed by atoms with Crippen LogP contribution in [0.3, 0.4) is 0 Å². The van der Waals surface area contributed by atoms with Gasteiger partial charge in [0.1, 0.15) is 0 Å². The van der Waals surface area contributed by atoms with E-state index < -0.39 is 0 Å². The van der Waals surface area contributed by atoms with Crippen molar-refractivity contribution in [3.8, 4) is 0 Å². The summed E-state index contributed by atoms with van der Waals surface area (Å²) in [5.74, 6) is 0.384. The number of rotatable bonds is 7. The molecular formula is C29H34. The molecule has 0 aromatic heterocycles. The fourth-order valence-electron chi connectivity index (χ4n) is 5.19. The van der Waals surface area contributed by atoms with E-state index in [1.165, 1.54) is 33.4 Å². The summed E-state index contributed by atoms with van der Waals surface area (Å²) in [4.78, 5) is 0. The second kappa shape index (κ2) is 9.27. The van der Waals surface area contributed by atoms with Crippen LogP contribution in [0.4, 0.5) is 0 Å². The summed E-state index contributed by atoms with van der Waals surface area (Å²) in [6.45, 7) is 12.9. The van der Waals surface area contributed by atoms with Crippen molar-refractivity contribution in [2.24, 2.45) is 5.92 Å². The van der Waals surface area contributed by atoms with Crippen molar-refractivity contribution < 1.29 is 0 Å². The molecule has 3 rings (SSSR count). The lowest BCUT2D eigenvalue weighted by Gasteiger charge is -2.42. The van der Waals surface area contributed by atoms with E-state index in [9.17, 15) is 0 Å². The third-order valence-electron chi connectivity index (χ3n) is 6.49. The van der Waals surface area contributed by atoms with Crippen molar-refractivity contribution in [1.82, 2.24) is 0 Å². The molecule has 0 N–H and O–H groups in total. The van der Waals surface area contributed by atoms with Crippen molar-refractivity contribution in [1.29, 1.82) is 0 Å². The van der Waals surface area contributed by atoms with Crippen LogP contribution >= 0.6 is 0 Å². The molecule has 0 radical (unpaired) electrons. The Morgan fingerprint density at radius 3 is 2.38 bits per heavy atom. The van der Waals surface area contributed by atoms with E-state index in [1.807, 2.05) is 6.08 Å². The maximum Gasteiger partial charge on any atom is 0.0522 e. The van der Waals surface area contributed by atoms with Crippen molar-refractivity contribution >= 4 is 0 Å². The summed E-state index contributed by atoms with van der Waals surface area (Å²) < 4.78 is 0. The van der Waals surface area contributed by atoms with Crippen molar-refractivity contribution in [2.75, 3.05) is 0 Å². The minimum absolute atomic E-state index is 0.172. The lowest BCUT2D eigenvalue weighted by atomic mass is 9.60. The highest BCUT2D eigenvalue weighted by Gasteiger charge is 2.49. The van der Waals surface area contributed by atoms with Gasteiger partial charge in [-0.15, -0.1) is 0 Å². The molecule has 0 amide bonds. The third-order valence-corrected chi connectivity index (χ3v) is 6.49. The largest absolute Gasteiger partial charge is 0.0991 e. The molecule has 0 spiro atoms. The molecule has 150 valence electrons. The first-order chi connectivity index (χ1) is 14.1. The SMILES string of the molecule is C=C/C=C\C1=C(C)C(CC)=C(/C=C\C)C1(c1ccccc1)C1C=CC(CC)=CC1. The van der Waals surface area contributed by atoms with E-state index in [1.54, 1.807) is 0 Å². The minimum Gasteiger partial charge on any atom is -0.0991 e. The summed E-state index contributed by atoms with van der Waals surface area (Å²) in [6, 6.07) is 11.1. The third kappa shape index (κ3) is 3.57. The highest BCUT2D eigenvalue weighted by molar-refractivity contribution is 5.68. The van der Waals surface area contributed by atoms with E-state index in [0.29, 0.717) is 5.92 Å². The highest BCUT2D eigenvalue weighted by Crippen LogP contribution is 2.57. The molecule has 0 saturated carbocycles. The van der Waals surface area contributed by atoms with Gasteiger partial charge in [-0.25, -0.2) is 0 Å². The standard InChI is InChI=1S/C29H34/c1-6-10-17-27-22(5)26(9-4)28(14-7-2)29(27,24-15-12-11-13-16-24)25-20-18-23(8-3)19-21-25/h6-7,10-20,25H,1,8-9,21H2,2-5H3/b14-7-,17-10-. The van der Waals surface area contributed by atoms with Crippen molar-refractivity contribution in [3.05, 3.63) is 119 Å². The summed E-state index contributed by atoms with van der Waals surface area (Å²) in [7, 11) is 0. The van der Waals surface area contributed by atoms with Gasteiger partial charge in [-0.05, 0) is 66.9 Å². The summed E-state index contributed by atoms with van der Waals surface area (Å²) in [5.41, 5.74) is 8.42. The zero-order valence-electron chi connectivity index (χ0n) is 18.4. The Kier molecular flexibility index (Phi) is 6.75. The van der Waals surface area contributed by atoms with Gasteiger partial charge >= 0.3 is 0 Å². The number of hydrogen-bond donors (Lipinski definition) is 0. The Bertz CT molecular complexity index is 928. The molecule has 2 aliphatic carbocycles. The lowest BCUT2D eigenvalue weighted by molar-refractivity contribution is 0.448. The molecule has 0 fully saturated rings. The molecule has 0 heterocycles. The molecule has 0 nitrogen and oxygen atoms in total. The molecule has 2 atom stereocenters. The molecule has 29 heavy (non-hydrogen) atoms. The Morgan fingerprint density at radius 1 is 1.07 bits per heavy atom. The van der Waals surface area contributed by atoms with Gasteiger partial charge in [0.05, 0.1) is 5.41 Å². The first-order valence-electron chi connectivity index (χ1n) is 10.9. The molecular weight excluding hydrogens is 348 g/mol. The highest BCUT2D eigenvalue weighted by atomic mass is 14.5. The van der Waals surface area contributed by atoms with Gasteiger partial charge in [0.25, 0.3) is 0 Å². The average Bonchev–Trinajstić information content (AvgIpc) is 3.01. The van der Waals surface area contributed by atoms with Crippen LogP contribution < -0.4 is 0 Å². The maximum absolute atomic E-state index is 3.93. The van der Waals surface area contributed by atoms with E-state index in [4.69, 9.17) is 0 Å². The van der Waals surface area contributed by atoms with Crippen LogP contribution in [-0.4, -0.2) is 0 Å². The van der Waals surface area contributed by atoms with Gasteiger partial charge in [0.15, 0.2) is 0 Å². The monoisotopic (exact) mass is 382 g/mol. The molecule has 1 aromatic rings. The predicted molar refractivity (Wildman–Crippen MR) is 128 cm³/mol. The first kappa shape index (κ1) is 21.1. The number of benzene rings is 1. The average molecular weight is 383 g/mol. The van der Waals surface area contributed by atoms with Crippen LogP contribution in [0.1, 0.15) is 52.5 Å². The van der Waals surface area contributed by atoms with E-state index in [2.05, 4.69) is 107 Å². The van der Waals surface area contributed by atoms with E-state index >= 15 is 0 Å². The quantitative estimate of drug-likeness (QED) is 0.417. The van der Waals surface area contributed by atoms with Gasteiger partial charge in [-0.3, -0.25) is 0 Å². The second-order valence-electron chi connectivity index (χ2n) is 7.89. The zero-order valence-corrected chi connectivity index (χ0v) is 18.4. The van der Waals surface area contributed by atoms with Gasteiger partial charge < -0.3 is 0 Å². The van der Waals surface area contributed by atoms with Crippen LogP contribution in [0.25, 0.3) is 0 Å². The Balaban J connectivity index is 2.36. The molecule has 0 bridgehead atoms. The second-order valence-corrected chi connectivity index (χ2v) is 7.89. The number of allylic oxidation sites excluding steroid dienone is 13. The maximum atomic E-state index is 3.93. The molecule has 0 heteroatoms. The van der Waals surface area contributed by atoms with Crippen molar-refractivity contribution in [3.63, 3.8) is 0 Å². The van der Waals surface area contributed by atoms with Crippen LogP contribution in [0.15, 0.2) is 113 Å². The fraction of sp³-hybridized carbons (Fsp3) is 0.310. The van der Waals surface area contributed by atoms with E-state index in [-0.39, 0.29) is 5.41 Å². The normalized spacial score (nSPS) is 24.8. The lowest BCUT2D eigenvalue weighted by Crippen LogP contribution is -2.37. The predicted octanol–water partition coefficient (Wildman–Crippen LogP) is 8.19. The van der Waals surface area contributed by atoms with Gasteiger partial charge in [-0.2, -0.15) is 0 Å². The smallest absolute Gasteiger partial charge is 0.0522 e. The minimum atomic E-state index is -0.172. The van der Waals surface area contributed by atoms with Crippen LogP contribution in [0.2, 0.25) is 0 Å². The summed E-state index contributed by atoms with van der Waals surface area (Å²) in [5, 5.41) is 0. The Labute approximate surface area is 177 Å². The van der Waals surface area contributed by atoms with Gasteiger partial charge in [-0.1, -0.05) is 105 Å².